The highest BCUT2D eigenvalue weighted by atomic mass is 16.1. The monoisotopic (exact) mass is 368 g/mol. The highest BCUT2D eigenvalue weighted by molar-refractivity contribution is 5.84. The lowest BCUT2D eigenvalue weighted by Crippen LogP contribution is -2.33. The number of H-pyrrole nitrogens is 1. The van der Waals surface area contributed by atoms with Crippen molar-refractivity contribution in [2.24, 2.45) is 0 Å². The van der Waals surface area contributed by atoms with Crippen LogP contribution in [-0.4, -0.2) is 32.3 Å². The highest BCUT2D eigenvalue weighted by Gasteiger charge is 2.37. The molecule has 1 N–H and O–H groups in total. The molecule has 1 atom stereocenters. The third-order valence-corrected chi connectivity index (χ3v) is 7.11. The van der Waals surface area contributed by atoms with Crippen molar-refractivity contribution in [2.45, 2.75) is 96.2 Å². The van der Waals surface area contributed by atoms with Crippen LogP contribution < -0.4 is 5.56 Å². The van der Waals surface area contributed by atoms with Crippen molar-refractivity contribution in [3.8, 4) is 0 Å². The van der Waals surface area contributed by atoms with E-state index in [4.69, 9.17) is 5.10 Å². The molecule has 5 rings (SSSR count). The summed E-state index contributed by atoms with van der Waals surface area (Å²) in [4.78, 5) is 18.7. The molecule has 2 aliphatic carbocycles. The fourth-order valence-corrected chi connectivity index (χ4v) is 5.85. The Hall–Kier alpha value is -1.62. The van der Waals surface area contributed by atoms with Gasteiger partial charge in [-0.1, -0.05) is 12.8 Å². The third kappa shape index (κ3) is 2.77. The molecule has 1 saturated heterocycles. The maximum Gasteiger partial charge on any atom is 0.253 e. The number of aromatic amines is 1. The molecule has 1 saturated carbocycles. The number of hydrogen-bond donors (Lipinski definition) is 1. The summed E-state index contributed by atoms with van der Waals surface area (Å²) >= 11 is 0. The van der Waals surface area contributed by atoms with Gasteiger partial charge in [-0.3, -0.25) is 9.69 Å². The normalized spacial score (nSPS) is 24.3. The fraction of sp³-hybridized carbons (Fsp3) is 0.727. The Bertz CT molecular complexity index is 903. The van der Waals surface area contributed by atoms with Crippen LogP contribution in [0.5, 0.6) is 0 Å². The van der Waals surface area contributed by atoms with Crippen LogP contribution in [0.2, 0.25) is 0 Å². The summed E-state index contributed by atoms with van der Waals surface area (Å²) in [5, 5.41) is 6.43. The van der Waals surface area contributed by atoms with E-state index in [-0.39, 0.29) is 11.6 Å². The summed E-state index contributed by atoms with van der Waals surface area (Å²) in [6.45, 7) is 5.53. The Kier molecular flexibility index (Phi) is 4.38. The number of pyridine rings is 1. The molecule has 3 heterocycles. The van der Waals surface area contributed by atoms with Crippen LogP contribution in [0.3, 0.4) is 0 Å². The van der Waals surface area contributed by atoms with Gasteiger partial charge in [-0.15, -0.1) is 0 Å². The van der Waals surface area contributed by atoms with Crippen LogP contribution in [0.25, 0.3) is 11.0 Å². The second-order valence-electron chi connectivity index (χ2n) is 9.10. The van der Waals surface area contributed by atoms with Crippen LogP contribution in [-0.2, 0) is 12.8 Å². The Labute approximate surface area is 161 Å². The highest BCUT2D eigenvalue weighted by Crippen LogP contribution is 2.41. The first-order valence-corrected chi connectivity index (χ1v) is 11.1. The van der Waals surface area contributed by atoms with Gasteiger partial charge in [0.15, 0.2) is 0 Å². The molecule has 27 heavy (non-hydrogen) atoms. The maximum absolute atomic E-state index is 12.7. The van der Waals surface area contributed by atoms with Crippen molar-refractivity contribution in [1.29, 1.82) is 0 Å². The van der Waals surface area contributed by atoms with Gasteiger partial charge in [0.25, 0.3) is 5.56 Å². The van der Waals surface area contributed by atoms with Gasteiger partial charge in [0.05, 0.1) is 11.7 Å². The van der Waals surface area contributed by atoms with Gasteiger partial charge in [-0.25, -0.2) is 4.68 Å². The molecule has 146 valence electrons. The number of aromatic nitrogens is 3. The van der Waals surface area contributed by atoms with Gasteiger partial charge in [0.1, 0.15) is 5.65 Å². The SMILES string of the molecule is CC(C)n1nc(C2CCCN2C2CCCC2)c2c3c(c(=O)[nH]c21)CCCC3. The number of fused-ring (bicyclic) bond motifs is 3. The Morgan fingerprint density at radius 3 is 2.48 bits per heavy atom. The van der Waals surface area contributed by atoms with Crippen LogP contribution in [0.4, 0.5) is 0 Å². The lowest BCUT2D eigenvalue weighted by molar-refractivity contribution is 0.180. The van der Waals surface area contributed by atoms with E-state index < -0.39 is 0 Å². The van der Waals surface area contributed by atoms with E-state index in [9.17, 15) is 4.79 Å². The number of aryl methyl sites for hydroxylation is 1. The molecule has 0 radical (unpaired) electrons. The van der Waals surface area contributed by atoms with E-state index in [2.05, 4.69) is 28.4 Å². The molecular formula is C22H32N4O. The first-order valence-electron chi connectivity index (χ1n) is 11.1. The minimum Gasteiger partial charge on any atom is -0.307 e. The molecule has 3 aliphatic rings. The van der Waals surface area contributed by atoms with Crippen molar-refractivity contribution in [3.63, 3.8) is 0 Å². The number of rotatable bonds is 3. The van der Waals surface area contributed by atoms with Crippen LogP contribution >= 0.6 is 0 Å². The lowest BCUT2D eigenvalue weighted by atomic mass is 9.89. The summed E-state index contributed by atoms with van der Waals surface area (Å²) in [5.41, 5.74) is 4.66. The number of hydrogen-bond acceptors (Lipinski definition) is 3. The molecule has 2 aromatic heterocycles. The molecule has 5 heteroatoms. The van der Waals surface area contributed by atoms with Crippen molar-refractivity contribution < 1.29 is 0 Å². The minimum absolute atomic E-state index is 0.115. The van der Waals surface area contributed by atoms with E-state index in [1.165, 1.54) is 68.1 Å². The largest absolute Gasteiger partial charge is 0.307 e. The molecular weight excluding hydrogens is 336 g/mol. The second-order valence-corrected chi connectivity index (χ2v) is 9.10. The molecule has 0 spiro atoms. The molecule has 2 fully saturated rings. The molecule has 1 aliphatic heterocycles. The fourth-order valence-electron chi connectivity index (χ4n) is 5.85. The van der Waals surface area contributed by atoms with Gasteiger partial charge in [0, 0.05) is 23.0 Å². The van der Waals surface area contributed by atoms with E-state index in [0.29, 0.717) is 6.04 Å². The lowest BCUT2D eigenvalue weighted by Gasteiger charge is -2.30. The van der Waals surface area contributed by atoms with Crippen LogP contribution in [0, 0.1) is 0 Å². The van der Waals surface area contributed by atoms with Crippen LogP contribution in [0.15, 0.2) is 4.79 Å². The summed E-state index contributed by atoms with van der Waals surface area (Å²) in [7, 11) is 0. The van der Waals surface area contributed by atoms with Gasteiger partial charge < -0.3 is 4.98 Å². The molecule has 0 aromatic carbocycles. The van der Waals surface area contributed by atoms with Gasteiger partial charge >= 0.3 is 0 Å². The van der Waals surface area contributed by atoms with E-state index in [1.807, 2.05) is 0 Å². The van der Waals surface area contributed by atoms with E-state index >= 15 is 0 Å². The smallest absolute Gasteiger partial charge is 0.253 e. The molecule has 5 nitrogen and oxygen atoms in total. The van der Waals surface area contributed by atoms with Crippen LogP contribution in [0.1, 0.15) is 94.1 Å². The first kappa shape index (κ1) is 17.5. The number of likely N-dealkylation sites (tertiary alicyclic amines) is 1. The van der Waals surface area contributed by atoms with Gasteiger partial charge in [0.2, 0.25) is 0 Å². The minimum atomic E-state index is 0.115. The molecule has 1 unspecified atom stereocenters. The summed E-state index contributed by atoms with van der Waals surface area (Å²) in [6.07, 6.45) is 12.2. The van der Waals surface area contributed by atoms with Crippen molar-refractivity contribution in [3.05, 3.63) is 27.2 Å². The zero-order chi connectivity index (χ0) is 18.5. The average molecular weight is 369 g/mol. The topological polar surface area (TPSA) is 53.9 Å². The summed E-state index contributed by atoms with van der Waals surface area (Å²) < 4.78 is 2.08. The van der Waals surface area contributed by atoms with Crippen molar-refractivity contribution in [2.75, 3.05) is 6.54 Å². The maximum atomic E-state index is 12.7. The Morgan fingerprint density at radius 1 is 1.00 bits per heavy atom. The van der Waals surface area contributed by atoms with Crippen molar-refractivity contribution in [1.82, 2.24) is 19.7 Å². The zero-order valence-corrected chi connectivity index (χ0v) is 16.8. The first-order chi connectivity index (χ1) is 13.1. The summed E-state index contributed by atoms with van der Waals surface area (Å²) in [6, 6.07) is 1.41. The summed E-state index contributed by atoms with van der Waals surface area (Å²) in [5.74, 6) is 0. The second kappa shape index (κ2) is 6.77. The zero-order valence-electron chi connectivity index (χ0n) is 16.8. The van der Waals surface area contributed by atoms with Gasteiger partial charge in [-0.05, 0) is 77.3 Å². The number of nitrogens with zero attached hydrogens (tertiary/aromatic N) is 3. The average Bonchev–Trinajstić information content (AvgIpc) is 3.40. The van der Waals surface area contributed by atoms with Crippen molar-refractivity contribution >= 4 is 11.0 Å². The third-order valence-electron chi connectivity index (χ3n) is 7.11. The predicted molar refractivity (Wildman–Crippen MR) is 108 cm³/mol. The van der Waals surface area contributed by atoms with E-state index in [0.717, 1.165) is 36.5 Å². The Balaban J connectivity index is 1.70. The predicted octanol–water partition coefficient (Wildman–Crippen LogP) is 4.26. The quantitative estimate of drug-likeness (QED) is 0.880. The molecule has 2 aromatic rings. The van der Waals surface area contributed by atoms with E-state index in [1.54, 1.807) is 0 Å². The standard InChI is InChI=1S/C22H32N4O/c1-14(2)26-21-19(16-10-5-6-11-17(16)22(27)23-21)20(24-26)18-12-7-13-25(18)15-8-3-4-9-15/h14-15,18H,3-13H2,1-2H3,(H,23,27). The Morgan fingerprint density at radius 2 is 1.74 bits per heavy atom. The van der Waals surface area contributed by atoms with Gasteiger partial charge in [-0.2, -0.15) is 5.10 Å². The molecule has 0 bridgehead atoms. The molecule has 0 amide bonds. The number of nitrogens with one attached hydrogen (secondary N) is 1.